The normalized spacial score (nSPS) is 19.7. The van der Waals surface area contributed by atoms with Crippen LogP contribution in [0, 0.1) is 5.92 Å². The SMILES string of the molecule is CC(C)C[C@H](NS(=O)(=O)c1ccccc1)C(=O)NC1CCOC1. The first kappa shape index (κ1) is 17.9. The number of ether oxygens (including phenoxy) is 1. The topological polar surface area (TPSA) is 84.5 Å². The average Bonchev–Trinajstić information content (AvgIpc) is 2.99. The van der Waals surface area contributed by atoms with Crippen LogP contribution < -0.4 is 10.0 Å². The quantitative estimate of drug-likeness (QED) is 0.783. The Kier molecular flexibility index (Phi) is 6.15. The molecule has 1 fully saturated rings. The van der Waals surface area contributed by atoms with Gasteiger partial charge in [0.25, 0.3) is 0 Å². The first-order chi connectivity index (χ1) is 10.9. The zero-order chi connectivity index (χ0) is 16.9. The third-order valence-electron chi connectivity index (χ3n) is 3.65. The van der Waals surface area contributed by atoms with Gasteiger partial charge in [-0.1, -0.05) is 32.0 Å². The van der Waals surface area contributed by atoms with E-state index in [1.54, 1.807) is 18.2 Å². The number of hydrogen-bond donors (Lipinski definition) is 2. The highest BCUT2D eigenvalue weighted by Gasteiger charge is 2.28. The van der Waals surface area contributed by atoms with Gasteiger partial charge in [-0.25, -0.2) is 8.42 Å². The molecule has 7 heteroatoms. The summed E-state index contributed by atoms with van der Waals surface area (Å²) in [5.74, 6) is -0.113. The second-order valence-corrected chi connectivity index (χ2v) is 7.90. The molecule has 128 valence electrons. The maximum Gasteiger partial charge on any atom is 0.241 e. The Hall–Kier alpha value is -1.44. The molecule has 0 saturated carbocycles. The van der Waals surface area contributed by atoms with Crippen LogP contribution in [0.5, 0.6) is 0 Å². The van der Waals surface area contributed by atoms with Gasteiger partial charge in [0.15, 0.2) is 0 Å². The van der Waals surface area contributed by atoms with Gasteiger partial charge < -0.3 is 10.1 Å². The summed E-state index contributed by atoms with van der Waals surface area (Å²) in [5, 5.41) is 2.87. The molecule has 0 aromatic heterocycles. The minimum Gasteiger partial charge on any atom is -0.379 e. The number of sulfonamides is 1. The highest BCUT2D eigenvalue weighted by Crippen LogP contribution is 2.13. The summed E-state index contributed by atoms with van der Waals surface area (Å²) in [4.78, 5) is 12.6. The molecular formula is C16H24N2O4S. The lowest BCUT2D eigenvalue weighted by Gasteiger charge is -2.22. The molecule has 0 spiro atoms. The van der Waals surface area contributed by atoms with Crippen LogP contribution in [0.1, 0.15) is 26.7 Å². The number of nitrogens with one attached hydrogen (secondary N) is 2. The second kappa shape index (κ2) is 7.90. The number of rotatable bonds is 7. The Morgan fingerprint density at radius 3 is 2.57 bits per heavy atom. The van der Waals surface area contributed by atoms with E-state index < -0.39 is 16.1 Å². The van der Waals surface area contributed by atoms with E-state index in [9.17, 15) is 13.2 Å². The largest absolute Gasteiger partial charge is 0.379 e. The molecule has 1 aromatic carbocycles. The van der Waals surface area contributed by atoms with E-state index in [2.05, 4.69) is 10.0 Å². The van der Waals surface area contributed by atoms with Gasteiger partial charge in [0, 0.05) is 6.61 Å². The van der Waals surface area contributed by atoms with Gasteiger partial charge in [-0.05, 0) is 30.9 Å². The van der Waals surface area contributed by atoms with E-state index in [0.29, 0.717) is 19.6 Å². The Balaban J connectivity index is 2.09. The van der Waals surface area contributed by atoms with Crippen LogP contribution in [0.3, 0.4) is 0 Å². The second-order valence-electron chi connectivity index (χ2n) is 6.19. The molecule has 0 radical (unpaired) electrons. The van der Waals surface area contributed by atoms with Crippen LogP contribution in [0.25, 0.3) is 0 Å². The van der Waals surface area contributed by atoms with E-state index in [-0.39, 0.29) is 22.8 Å². The minimum absolute atomic E-state index is 0.0432. The molecule has 2 atom stereocenters. The van der Waals surface area contributed by atoms with Crippen molar-refractivity contribution in [3.63, 3.8) is 0 Å². The Morgan fingerprint density at radius 1 is 1.30 bits per heavy atom. The summed E-state index contributed by atoms with van der Waals surface area (Å²) in [5.41, 5.74) is 0. The van der Waals surface area contributed by atoms with Crippen LogP contribution in [-0.4, -0.2) is 39.6 Å². The fraction of sp³-hybridized carbons (Fsp3) is 0.562. The summed E-state index contributed by atoms with van der Waals surface area (Å²) >= 11 is 0. The van der Waals surface area contributed by atoms with Crippen LogP contribution in [0.2, 0.25) is 0 Å². The average molecular weight is 340 g/mol. The third-order valence-corrected chi connectivity index (χ3v) is 5.14. The molecule has 2 rings (SSSR count). The highest BCUT2D eigenvalue weighted by atomic mass is 32.2. The maximum absolute atomic E-state index is 12.5. The van der Waals surface area contributed by atoms with Crippen molar-refractivity contribution in [1.82, 2.24) is 10.0 Å². The molecule has 1 aromatic rings. The number of amides is 1. The zero-order valence-corrected chi connectivity index (χ0v) is 14.3. The Labute approximate surface area is 137 Å². The number of benzene rings is 1. The van der Waals surface area contributed by atoms with Crippen LogP contribution >= 0.6 is 0 Å². The lowest BCUT2D eigenvalue weighted by molar-refractivity contribution is -0.123. The van der Waals surface area contributed by atoms with Gasteiger partial charge in [-0.15, -0.1) is 0 Å². The summed E-state index contributed by atoms with van der Waals surface area (Å²) in [7, 11) is -3.73. The molecule has 0 bridgehead atoms. The van der Waals surface area contributed by atoms with Crippen molar-refractivity contribution in [2.75, 3.05) is 13.2 Å². The minimum atomic E-state index is -3.73. The monoisotopic (exact) mass is 340 g/mol. The zero-order valence-electron chi connectivity index (χ0n) is 13.5. The van der Waals surface area contributed by atoms with Gasteiger partial charge in [0.2, 0.25) is 15.9 Å². The molecule has 1 heterocycles. The van der Waals surface area contributed by atoms with E-state index >= 15 is 0 Å². The number of carbonyl (C=O) groups excluding carboxylic acids is 1. The van der Waals surface area contributed by atoms with Gasteiger partial charge in [-0.2, -0.15) is 4.72 Å². The van der Waals surface area contributed by atoms with Crippen LogP contribution in [-0.2, 0) is 19.6 Å². The molecule has 1 amide bonds. The van der Waals surface area contributed by atoms with Gasteiger partial charge >= 0.3 is 0 Å². The fourth-order valence-corrected chi connectivity index (χ4v) is 3.71. The van der Waals surface area contributed by atoms with Crippen molar-refractivity contribution < 1.29 is 17.9 Å². The molecular weight excluding hydrogens is 316 g/mol. The van der Waals surface area contributed by atoms with E-state index in [1.165, 1.54) is 12.1 Å². The van der Waals surface area contributed by atoms with Crippen molar-refractivity contribution >= 4 is 15.9 Å². The summed E-state index contributed by atoms with van der Waals surface area (Å²) in [6, 6.07) is 7.25. The van der Waals surface area contributed by atoms with E-state index in [1.807, 2.05) is 13.8 Å². The van der Waals surface area contributed by atoms with Crippen LogP contribution in [0.4, 0.5) is 0 Å². The van der Waals surface area contributed by atoms with Gasteiger partial charge in [-0.3, -0.25) is 4.79 Å². The van der Waals surface area contributed by atoms with Crippen molar-refractivity contribution in [3.8, 4) is 0 Å². The third kappa shape index (κ3) is 5.30. The fourth-order valence-electron chi connectivity index (χ4n) is 2.49. The first-order valence-electron chi connectivity index (χ1n) is 7.84. The Bertz CT molecular complexity index is 610. The van der Waals surface area contributed by atoms with E-state index in [0.717, 1.165) is 6.42 Å². The van der Waals surface area contributed by atoms with E-state index in [4.69, 9.17) is 4.74 Å². The highest BCUT2D eigenvalue weighted by molar-refractivity contribution is 7.89. The Morgan fingerprint density at radius 2 is 2.00 bits per heavy atom. The lowest BCUT2D eigenvalue weighted by Crippen LogP contribution is -2.50. The number of carbonyl (C=O) groups is 1. The summed E-state index contributed by atoms with van der Waals surface area (Å²) in [6.45, 7) is 5.01. The molecule has 6 nitrogen and oxygen atoms in total. The summed E-state index contributed by atoms with van der Waals surface area (Å²) in [6.07, 6.45) is 1.19. The molecule has 1 aliphatic heterocycles. The van der Waals surface area contributed by atoms with Crippen molar-refractivity contribution in [3.05, 3.63) is 30.3 Å². The molecule has 1 aliphatic rings. The molecule has 0 aliphatic carbocycles. The molecule has 2 N–H and O–H groups in total. The smallest absolute Gasteiger partial charge is 0.241 e. The molecule has 23 heavy (non-hydrogen) atoms. The van der Waals surface area contributed by atoms with Gasteiger partial charge in [0.05, 0.1) is 17.5 Å². The van der Waals surface area contributed by atoms with Crippen molar-refractivity contribution in [2.24, 2.45) is 5.92 Å². The predicted octanol–water partition coefficient (Wildman–Crippen LogP) is 1.28. The van der Waals surface area contributed by atoms with Gasteiger partial charge in [0.1, 0.15) is 6.04 Å². The van der Waals surface area contributed by atoms with Crippen molar-refractivity contribution in [1.29, 1.82) is 0 Å². The lowest BCUT2D eigenvalue weighted by atomic mass is 10.0. The maximum atomic E-state index is 12.5. The predicted molar refractivity (Wildman–Crippen MR) is 87.4 cm³/mol. The molecule has 1 saturated heterocycles. The first-order valence-corrected chi connectivity index (χ1v) is 9.32. The summed E-state index contributed by atoms with van der Waals surface area (Å²) < 4.78 is 32.7. The molecule has 1 unspecified atom stereocenters. The van der Waals surface area contributed by atoms with Crippen molar-refractivity contribution in [2.45, 2.75) is 43.7 Å². The number of hydrogen-bond acceptors (Lipinski definition) is 4. The van der Waals surface area contributed by atoms with Crippen LogP contribution in [0.15, 0.2) is 35.2 Å². The standard InChI is InChI=1S/C16H24N2O4S/c1-12(2)10-15(16(19)17-13-8-9-22-11-13)18-23(20,21)14-6-4-3-5-7-14/h3-7,12-13,15,18H,8-11H2,1-2H3,(H,17,19)/t13?,15-/m0/s1.